The van der Waals surface area contributed by atoms with Gasteiger partial charge in [0.15, 0.2) is 0 Å². The van der Waals surface area contributed by atoms with Crippen molar-refractivity contribution in [2.45, 2.75) is 6.92 Å². The lowest BCUT2D eigenvalue weighted by atomic mass is 10.1. The maximum Gasteiger partial charge on any atom is 0.209 e. The fourth-order valence-electron chi connectivity index (χ4n) is 1.56. The van der Waals surface area contributed by atoms with Crippen LogP contribution in [0.1, 0.15) is 20.8 Å². The van der Waals surface area contributed by atoms with Crippen molar-refractivity contribution in [1.29, 1.82) is 0 Å². The van der Waals surface area contributed by atoms with Crippen LogP contribution in [0.4, 0.5) is 4.39 Å². The smallest absolute Gasteiger partial charge is 0.209 e. The number of ether oxygens (including phenoxy) is 1. The van der Waals surface area contributed by atoms with E-state index in [1.165, 1.54) is 24.5 Å². The molecule has 0 fully saturated rings. The fourth-order valence-corrected chi connectivity index (χ4v) is 2.37. The summed E-state index contributed by atoms with van der Waals surface area (Å²) >= 11 is 1.25. The van der Waals surface area contributed by atoms with E-state index in [0.717, 1.165) is 5.56 Å². The molecule has 0 spiro atoms. The van der Waals surface area contributed by atoms with Crippen molar-refractivity contribution in [1.82, 2.24) is 0 Å². The van der Waals surface area contributed by atoms with Crippen LogP contribution in [0.5, 0.6) is 5.75 Å². The first-order valence-corrected chi connectivity index (χ1v) is 5.94. The molecule has 17 heavy (non-hydrogen) atoms. The lowest BCUT2D eigenvalue weighted by Crippen LogP contribution is -2.04. The normalized spacial score (nSPS) is 10.3. The average molecular weight is 250 g/mol. The van der Waals surface area contributed by atoms with Gasteiger partial charge < -0.3 is 4.74 Å². The lowest BCUT2D eigenvalue weighted by molar-refractivity contribution is 0.103. The molecule has 0 radical (unpaired) electrons. The van der Waals surface area contributed by atoms with Gasteiger partial charge in [0.25, 0.3) is 0 Å². The molecule has 0 aliphatic rings. The molecule has 0 amide bonds. The number of halogens is 1. The molecular formula is C13H11FO2S. The third-order valence-electron chi connectivity index (χ3n) is 2.42. The van der Waals surface area contributed by atoms with Crippen LogP contribution in [0.2, 0.25) is 0 Å². The molecule has 0 unspecified atom stereocenters. The fraction of sp³-hybridized carbons (Fsp3) is 0.154. The van der Waals surface area contributed by atoms with Crippen molar-refractivity contribution in [3.05, 3.63) is 51.5 Å². The summed E-state index contributed by atoms with van der Waals surface area (Å²) in [5.41, 5.74) is 0.941. The molecule has 0 atom stereocenters. The third-order valence-corrected chi connectivity index (χ3v) is 3.32. The summed E-state index contributed by atoms with van der Waals surface area (Å²) in [4.78, 5) is 12.6. The van der Waals surface area contributed by atoms with E-state index >= 15 is 0 Å². The number of thiophene rings is 1. The number of ketones is 1. The molecule has 0 aliphatic carbocycles. The van der Waals surface area contributed by atoms with Crippen molar-refractivity contribution < 1.29 is 13.9 Å². The highest BCUT2D eigenvalue weighted by atomic mass is 32.1. The van der Waals surface area contributed by atoms with E-state index in [1.54, 1.807) is 23.6 Å². The van der Waals surface area contributed by atoms with Crippen LogP contribution in [0.3, 0.4) is 0 Å². The van der Waals surface area contributed by atoms with Crippen LogP contribution in [0.15, 0.2) is 29.6 Å². The Morgan fingerprint density at radius 3 is 2.82 bits per heavy atom. The molecule has 88 valence electrons. The molecule has 4 heteroatoms. The molecule has 0 aliphatic heterocycles. The predicted molar refractivity (Wildman–Crippen MR) is 65.4 cm³/mol. The SMILES string of the molecule is COc1ccsc1C(=O)c1cc(C)ccc1F. The molecular weight excluding hydrogens is 239 g/mol. The number of carbonyl (C=O) groups excluding carboxylic acids is 1. The summed E-state index contributed by atoms with van der Waals surface area (Å²) in [6.45, 7) is 1.82. The number of hydrogen-bond acceptors (Lipinski definition) is 3. The molecule has 1 aromatic heterocycles. The summed E-state index contributed by atoms with van der Waals surface area (Å²) in [6, 6.07) is 6.20. The lowest BCUT2D eigenvalue weighted by Gasteiger charge is -2.04. The maximum atomic E-state index is 13.6. The van der Waals surface area contributed by atoms with E-state index in [1.807, 2.05) is 6.92 Å². The van der Waals surface area contributed by atoms with Gasteiger partial charge in [-0.05, 0) is 30.5 Å². The molecule has 0 bridgehead atoms. The van der Waals surface area contributed by atoms with E-state index in [9.17, 15) is 9.18 Å². The summed E-state index contributed by atoms with van der Waals surface area (Å²) in [5.74, 6) is -0.352. The molecule has 2 rings (SSSR count). The third kappa shape index (κ3) is 2.22. The van der Waals surface area contributed by atoms with Crippen LogP contribution in [0.25, 0.3) is 0 Å². The van der Waals surface area contributed by atoms with Gasteiger partial charge in [0.2, 0.25) is 5.78 Å². The van der Waals surface area contributed by atoms with Crippen molar-refractivity contribution >= 4 is 17.1 Å². The van der Waals surface area contributed by atoms with E-state index in [-0.39, 0.29) is 11.3 Å². The zero-order valence-electron chi connectivity index (χ0n) is 9.49. The van der Waals surface area contributed by atoms with Crippen LogP contribution in [0, 0.1) is 12.7 Å². The molecule has 0 saturated carbocycles. The minimum absolute atomic E-state index is 0.0887. The molecule has 0 N–H and O–H groups in total. The van der Waals surface area contributed by atoms with Crippen molar-refractivity contribution in [3.63, 3.8) is 0 Å². The summed E-state index contributed by atoms with van der Waals surface area (Å²) in [7, 11) is 1.49. The topological polar surface area (TPSA) is 26.3 Å². The molecule has 2 nitrogen and oxygen atoms in total. The van der Waals surface area contributed by atoms with Gasteiger partial charge in [0.1, 0.15) is 16.4 Å². The monoisotopic (exact) mass is 250 g/mol. The predicted octanol–water partition coefficient (Wildman–Crippen LogP) is 3.44. The largest absolute Gasteiger partial charge is 0.495 e. The number of aryl methyl sites for hydroxylation is 1. The number of benzene rings is 1. The number of hydrogen-bond donors (Lipinski definition) is 0. The van der Waals surface area contributed by atoms with Gasteiger partial charge in [-0.2, -0.15) is 0 Å². The van der Waals surface area contributed by atoms with Gasteiger partial charge in [-0.1, -0.05) is 11.6 Å². The van der Waals surface area contributed by atoms with Crippen molar-refractivity contribution in [2.24, 2.45) is 0 Å². The van der Waals surface area contributed by atoms with Gasteiger partial charge >= 0.3 is 0 Å². The molecule has 1 aromatic carbocycles. The number of carbonyl (C=O) groups is 1. The Labute approximate surface area is 103 Å². The van der Waals surface area contributed by atoms with Gasteiger partial charge in [0.05, 0.1) is 12.7 Å². The summed E-state index contributed by atoms with van der Waals surface area (Å²) < 4.78 is 18.7. The van der Waals surface area contributed by atoms with E-state index in [2.05, 4.69) is 0 Å². The second-order valence-corrected chi connectivity index (χ2v) is 4.55. The first-order valence-electron chi connectivity index (χ1n) is 5.06. The standard InChI is InChI=1S/C13H11FO2S/c1-8-3-4-10(14)9(7-8)12(15)13-11(16-2)5-6-17-13/h3-7H,1-2H3. The first kappa shape index (κ1) is 11.8. The Kier molecular flexibility index (Phi) is 3.24. The molecule has 0 saturated heterocycles. The minimum Gasteiger partial charge on any atom is -0.495 e. The second kappa shape index (κ2) is 4.67. The van der Waals surface area contributed by atoms with Gasteiger partial charge in [-0.15, -0.1) is 11.3 Å². The minimum atomic E-state index is -0.504. The van der Waals surface area contributed by atoms with Crippen LogP contribution in [-0.4, -0.2) is 12.9 Å². The average Bonchev–Trinajstić information content (AvgIpc) is 2.79. The van der Waals surface area contributed by atoms with Gasteiger partial charge in [0, 0.05) is 0 Å². The molecule has 2 aromatic rings. The Bertz CT molecular complexity index is 560. The van der Waals surface area contributed by atoms with Crippen LogP contribution >= 0.6 is 11.3 Å². The highest BCUT2D eigenvalue weighted by molar-refractivity contribution is 7.12. The van der Waals surface area contributed by atoms with E-state index < -0.39 is 5.82 Å². The number of rotatable bonds is 3. The van der Waals surface area contributed by atoms with E-state index in [0.29, 0.717) is 10.6 Å². The Morgan fingerprint density at radius 1 is 1.35 bits per heavy atom. The maximum absolute atomic E-state index is 13.6. The van der Waals surface area contributed by atoms with Crippen LogP contribution < -0.4 is 4.74 Å². The molecule has 1 heterocycles. The van der Waals surface area contributed by atoms with E-state index in [4.69, 9.17) is 4.74 Å². The quantitative estimate of drug-likeness (QED) is 0.780. The number of methoxy groups -OCH3 is 1. The highest BCUT2D eigenvalue weighted by Gasteiger charge is 2.19. The Hall–Kier alpha value is -1.68. The first-order chi connectivity index (χ1) is 8.13. The van der Waals surface area contributed by atoms with Crippen molar-refractivity contribution in [3.8, 4) is 5.75 Å². The zero-order chi connectivity index (χ0) is 12.4. The summed E-state index contributed by atoms with van der Waals surface area (Å²) in [5, 5.41) is 1.75. The Balaban J connectivity index is 2.47. The second-order valence-electron chi connectivity index (χ2n) is 3.63. The zero-order valence-corrected chi connectivity index (χ0v) is 10.3. The highest BCUT2D eigenvalue weighted by Crippen LogP contribution is 2.28. The van der Waals surface area contributed by atoms with Crippen molar-refractivity contribution in [2.75, 3.05) is 7.11 Å². The van der Waals surface area contributed by atoms with Gasteiger partial charge in [-0.25, -0.2) is 4.39 Å². The summed E-state index contributed by atoms with van der Waals surface area (Å²) in [6.07, 6.45) is 0. The van der Waals surface area contributed by atoms with Crippen LogP contribution in [-0.2, 0) is 0 Å². The Morgan fingerprint density at radius 2 is 2.12 bits per heavy atom. The van der Waals surface area contributed by atoms with Gasteiger partial charge in [-0.3, -0.25) is 4.79 Å².